The third-order valence-corrected chi connectivity index (χ3v) is 3.63. The van der Waals surface area contributed by atoms with Gasteiger partial charge in [-0.1, -0.05) is 12.1 Å². The van der Waals surface area contributed by atoms with Crippen molar-refractivity contribution in [3.8, 4) is 0 Å². The maximum atomic E-state index is 13.6. The van der Waals surface area contributed by atoms with Gasteiger partial charge in [-0.15, -0.1) is 0 Å². The van der Waals surface area contributed by atoms with E-state index in [1.54, 1.807) is 12.1 Å². The molecule has 9 heteroatoms. The summed E-state index contributed by atoms with van der Waals surface area (Å²) >= 11 is 0. The van der Waals surface area contributed by atoms with Gasteiger partial charge in [0.1, 0.15) is 12.4 Å². The maximum Gasteiger partial charge on any atom is 0.246 e. The summed E-state index contributed by atoms with van der Waals surface area (Å²) in [6.45, 7) is 2.44. The van der Waals surface area contributed by atoms with Gasteiger partial charge in [0.2, 0.25) is 5.91 Å². The van der Waals surface area contributed by atoms with Crippen molar-refractivity contribution in [2.75, 3.05) is 25.0 Å². The van der Waals surface area contributed by atoms with Crippen molar-refractivity contribution >= 4 is 17.6 Å². The molecule has 0 aliphatic carbocycles. The van der Waals surface area contributed by atoms with Gasteiger partial charge in [-0.2, -0.15) is 0 Å². The first-order chi connectivity index (χ1) is 13.4. The molecule has 0 saturated carbocycles. The van der Waals surface area contributed by atoms with Gasteiger partial charge in [0.15, 0.2) is 23.4 Å². The molecule has 150 valence electrons. The van der Waals surface area contributed by atoms with Crippen LogP contribution in [-0.2, 0) is 11.2 Å². The van der Waals surface area contributed by atoms with Crippen LogP contribution in [0.1, 0.15) is 12.5 Å². The van der Waals surface area contributed by atoms with Gasteiger partial charge in [0, 0.05) is 13.1 Å². The number of benzene rings is 2. The molecule has 28 heavy (non-hydrogen) atoms. The van der Waals surface area contributed by atoms with Crippen molar-refractivity contribution in [3.05, 3.63) is 65.2 Å². The fraction of sp³-hybridized carbons (Fsp3) is 0.263. The highest BCUT2D eigenvalue weighted by atomic mass is 19.2. The lowest BCUT2D eigenvalue weighted by Crippen LogP contribution is -2.39. The highest BCUT2D eigenvalue weighted by molar-refractivity contribution is 5.94. The third-order valence-electron chi connectivity index (χ3n) is 3.63. The largest absolute Gasteiger partial charge is 0.357 e. The first-order valence-electron chi connectivity index (χ1n) is 8.60. The summed E-state index contributed by atoms with van der Waals surface area (Å²) in [5.41, 5.74) is 0.332. The average Bonchev–Trinajstić information content (AvgIpc) is 2.66. The van der Waals surface area contributed by atoms with E-state index >= 15 is 0 Å². The van der Waals surface area contributed by atoms with Crippen LogP contribution in [0.25, 0.3) is 0 Å². The van der Waals surface area contributed by atoms with Gasteiger partial charge in [0.25, 0.3) is 0 Å². The van der Waals surface area contributed by atoms with Crippen LogP contribution in [0.4, 0.5) is 23.2 Å². The lowest BCUT2D eigenvalue weighted by Gasteiger charge is -2.11. The monoisotopic (exact) mass is 396 g/mol. The number of carbonyl (C=O) groups is 1. The summed E-state index contributed by atoms with van der Waals surface area (Å²) in [5, 5.41) is 8.06. The quantitative estimate of drug-likeness (QED) is 0.292. The molecule has 0 aromatic heterocycles. The number of amides is 1. The number of halogens is 4. The second-order valence-electron chi connectivity index (χ2n) is 5.77. The van der Waals surface area contributed by atoms with Gasteiger partial charge < -0.3 is 16.0 Å². The molecule has 0 atom stereocenters. The fourth-order valence-electron chi connectivity index (χ4n) is 2.32. The Morgan fingerprint density at radius 2 is 1.82 bits per heavy atom. The summed E-state index contributed by atoms with van der Waals surface area (Å²) in [4.78, 5) is 16.0. The molecule has 0 heterocycles. The van der Waals surface area contributed by atoms with Gasteiger partial charge >= 0.3 is 0 Å². The Balaban J connectivity index is 1.90. The van der Waals surface area contributed by atoms with Crippen LogP contribution in [0.3, 0.4) is 0 Å². The Bertz CT molecular complexity index is 858. The van der Waals surface area contributed by atoms with E-state index in [9.17, 15) is 22.4 Å². The van der Waals surface area contributed by atoms with Gasteiger partial charge in [0.05, 0.1) is 5.69 Å². The van der Waals surface area contributed by atoms with Crippen LogP contribution in [0.2, 0.25) is 0 Å². The minimum Gasteiger partial charge on any atom is -0.357 e. The minimum atomic E-state index is -1.66. The number of guanidine groups is 1. The number of carbonyl (C=O) groups excluding carboxylic acids is 1. The number of nitrogens with one attached hydrogen (secondary N) is 3. The minimum absolute atomic E-state index is 0.320. The molecule has 0 aliphatic heterocycles. The van der Waals surface area contributed by atoms with Crippen LogP contribution in [0.5, 0.6) is 0 Å². The maximum absolute atomic E-state index is 13.6. The Morgan fingerprint density at radius 3 is 2.54 bits per heavy atom. The molecule has 0 unspecified atom stereocenters. The summed E-state index contributed by atoms with van der Waals surface area (Å²) < 4.78 is 52.8. The predicted molar refractivity (Wildman–Crippen MR) is 99.0 cm³/mol. The molecule has 3 N–H and O–H groups in total. The van der Waals surface area contributed by atoms with Crippen molar-refractivity contribution in [2.45, 2.75) is 13.3 Å². The van der Waals surface area contributed by atoms with E-state index < -0.39 is 29.0 Å². The SMILES string of the molecule is CCNC(=NCC(=O)Nc1ccc(F)c(F)c1F)NCCc1cccc(F)c1. The number of aliphatic imine (C=N–C) groups is 1. The van der Waals surface area contributed by atoms with E-state index in [-0.39, 0.29) is 12.4 Å². The van der Waals surface area contributed by atoms with Crippen LogP contribution in [0, 0.1) is 23.3 Å². The highest BCUT2D eigenvalue weighted by Crippen LogP contribution is 2.19. The first kappa shape index (κ1) is 21.2. The summed E-state index contributed by atoms with van der Waals surface area (Å²) in [5.74, 6) is -5.16. The molecule has 2 aromatic rings. The molecule has 2 rings (SSSR count). The summed E-state index contributed by atoms with van der Waals surface area (Å²) in [7, 11) is 0. The van der Waals surface area contributed by atoms with Crippen LogP contribution < -0.4 is 16.0 Å². The number of rotatable bonds is 7. The van der Waals surface area contributed by atoms with Crippen molar-refractivity contribution in [1.29, 1.82) is 0 Å². The van der Waals surface area contributed by atoms with Gasteiger partial charge in [-0.25, -0.2) is 22.6 Å². The number of hydrogen-bond donors (Lipinski definition) is 3. The highest BCUT2D eigenvalue weighted by Gasteiger charge is 2.15. The van der Waals surface area contributed by atoms with E-state index in [0.29, 0.717) is 25.5 Å². The molecular weight excluding hydrogens is 376 g/mol. The van der Waals surface area contributed by atoms with Crippen LogP contribution >= 0.6 is 0 Å². The molecule has 0 radical (unpaired) electrons. The van der Waals surface area contributed by atoms with E-state index in [0.717, 1.165) is 17.7 Å². The Morgan fingerprint density at radius 1 is 1.04 bits per heavy atom. The summed E-state index contributed by atoms with van der Waals surface area (Å²) in [6.07, 6.45) is 0.536. The Hall–Kier alpha value is -3.10. The number of hydrogen-bond acceptors (Lipinski definition) is 2. The molecular formula is C19H20F4N4O. The van der Waals surface area contributed by atoms with Crippen molar-refractivity contribution in [3.63, 3.8) is 0 Å². The van der Waals surface area contributed by atoms with E-state index in [1.165, 1.54) is 12.1 Å². The topological polar surface area (TPSA) is 65.5 Å². The smallest absolute Gasteiger partial charge is 0.246 e. The standard InChI is InChI=1S/C19H20F4N4O/c1-2-24-19(25-9-8-12-4-3-5-13(20)10-12)26-11-16(28)27-15-7-6-14(21)17(22)18(15)23/h3-7,10H,2,8-9,11H2,1H3,(H,27,28)(H2,24,25,26). The second-order valence-corrected chi connectivity index (χ2v) is 5.77. The predicted octanol–water partition coefficient (Wildman–Crippen LogP) is 2.98. The average molecular weight is 396 g/mol. The molecule has 0 fully saturated rings. The van der Waals surface area contributed by atoms with Crippen LogP contribution in [-0.4, -0.2) is 31.5 Å². The normalized spacial score (nSPS) is 11.2. The molecule has 1 amide bonds. The molecule has 5 nitrogen and oxygen atoms in total. The molecule has 0 aliphatic rings. The third kappa shape index (κ3) is 6.26. The van der Waals surface area contributed by atoms with E-state index in [4.69, 9.17) is 0 Å². The van der Waals surface area contributed by atoms with Crippen molar-refractivity contribution in [1.82, 2.24) is 10.6 Å². The zero-order valence-electron chi connectivity index (χ0n) is 15.2. The zero-order chi connectivity index (χ0) is 20.5. The number of anilines is 1. The summed E-state index contributed by atoms with van der Waals surface area (Å²) in [6, 6.07) is 7.84. The van der Waals surface area contributed by atoms with E-state index in [2.05, 4.69) is 20.9 Å². The van der Waals surface area contributed by atoms with Crippen LogP contribution in [0.15, 0.2) is 41.4 Å². The lowest BCUT2D eigenvalue weighted by atomic mass is 10.1. The number of nitrogens with zero attached hydrogens (tertiary/aromatic N) is 1. The Labute approximate surface area is 159 Å². The zero-order valence-corrected chi connectivity index (χ0v) is 15.2. The lowest BCUT2D eigenvalue weighted by molar-refractivity contribution is -0.114. The first-order valence-corrected chi connectivity index (χ1v) is 8.60. The molecule has 0 saturated heterocycles. The molecule has 0 spiro atoms. The molecule has 0 bridgehead atoms. The second kappa shape index (κ2) is 10.3. The fourth-order valence-corrected chi connectivity index (χ4v) is 2.32. The van der Waals surface area contributed by atoms with Crippen molar-refractivity contribution in [2.24, 2.45) is 4.99 Å². The van der Waals surface area contributed by atoms with Crippen molar-refractivity contribution < 1.29 is 22.4 Å². The van der Waals surface area contributed by atoms with E-state index in [1.807, 2.05) is 6.92 Å². The molecule has 2 aromatic carbocycles. The van der Waals surface area contributed by atoms with Gasteiger partial charge in [-0.3, -0.25) is 4.79 Å². The Kier molecular flexibility index (Phi) is 7.79. The van der Waals surface area contributed by atoms with Gasteiger partial charge in [-0.05, 0) is 43.2 Å².